The van der Waals surface area contributed by atoms with Gasteiger partial charge in [-0.1, -0.05) is 17.7 Å². The number of anilines is 2. The van der Waals surface area contributed by atoms with Crippen molar-refractivity contribution in [1.82, 2.24) is 14.7 Å². The van der Waals surface area contributed by atoms with Gasteiger partial charge < -0.3 is 19.9 Å². The fourth-order valence-electron chi connectivity index (χ4n) is 3.64. The average Bonchev–Trinajstić information content (AvgIpc) is 3.27. The van der Waals surface area contributed by atoms with Crippen molar-refractivity contribution < 1.29 is 14.3 Å². The zero-order valence-electron chi connectivity index (χ0n) is 17.7. The normalized spacial score (nSPS) is 13.8. The maximum atomic E-state index is 12.9. The molecule has 0 atom stereocenters. The highest BCUT2D eigenvalue weighted by Gasteiger charge is 2.22. The molecule has 1 N–H and O–H groups in total. The summed E-state index contributed by atoms with van der Waals surface area (Å²) in [4.78, 5) is 28.7. The Kier molecular flexibility index (Phi) is 6.72. The number of rotatable bonds is 6. The number of methoxy groups -OCH3 is 1. The number of hydrogen-bond donors (Lipinski definition) is 1. The van der Waals surface area contributed by atoms with Crippen LogP contribution in [0.4, 0.5) is 11.4 Å². The van der Waals surface area contributed by atoms with Crippen LogP contribution in [0.25, 0.3) is 5.69 Å². The molecule has 0 unspecified atom stereocenters. The van der Waals surface area contributed by atoms with Gasteiger partial charge in [-0.05, 0) is 42.5 Å². The van der Waals surface area contributed by atoms with E-state index in [9.17, 15) is 9.59 Å². The first-order valence-electron chi connectivity index (χ1n) is 10.3. The lowest BCUT2D eigenvalue weighted by atomic mass is 10.1. The molecule has 0 bridgehead atoms. The number of halogens is 1. The molecule has 0 spiro atoms. The Bertz CT molecular complexity index is 1090. The summed E-state index contributed by atoms with van der Waals surface area (Å²) in [5, 5.41) is 7.67. The molecule has 3 aromatic rings. The van der Waals surface area contributed by atoms with Gasteiger partial charge in [-0.3, -0.25) is 9.59 Å². The number of benzene rings is 2. The van der Waals surface area contributed by atoms with Crippen molar-refractivity contribution in [2.45, 2.75) is 0 Å². The Balaban J connectivity index is 1.36. The first-order chi connectivity index (χ1) is 15.5. The maximum Gasteiger partial charge on any atom is 0.253 e. The summed E-state index contributed by atoms with van der Waals surface area (Å²) in [7, 11) is 1.46. The third-order valence-corrected chi connectivity index (χ3v) is 5.50. The van der Waals surface area contributed by atoms with Crippen molar-refractivity contribution in [2.24, 2.45) is 0 Å². The van der Waals surface area contributed by atoms with Crippen molar-refractivity contribution in [3.8, 4) is 5.69 Å². The Labute approximate surface area is 191 Å². The van der Waals surface area contributed by atoms with E-state index in [0.717, 1.165) is 24.5 Å². The second kappa shape index (κ2) is 9.84. The van der Waals surface area contributed by atoms with Crippen LogP contribution in [-0.2, 0) is 9.53 Å². The molecule has 166 valence electrons. The van der Waals surface area contributed by atoms with Crippen LogP contribution in [0.5, 0.6) is 0 Å². The van der Waals surface area contributed by atoms with Crippen LogP contribution in [0.2, 0.25) is 5.02 Å². The first kappa shape index (κ1) is 21.9. The minimum atomic E-state index is -0.247. The number of piperazine rings is 1. The van der Waals surface area contributed by atoms with E-state index in [4.69, 9.17) is 16.3 Å². The summed E-state index contributed by atoms with van der Waals surface area (Å²) < 4.78 is 6.44. The van der Waals surface area contributed by atoms with Crippen LogP contribution in [-0.4, -0.2) is 66.4 Å². The summed E-state index contributed by atoms with van der Waals surface area (Å²) in [6.45, 7) is 2.80. The van der Waals surface area contributed by atoms with E-state index in [1.54, 1.807) is 29.2 Å². The molecule has 0 aliphatic carbocycles. The lowest BCUT2D eigenvalue weighted by Gasteiger charge is -2.36. The molecule has 9 heteroatoms. The molecule has 32 heavy (non-hydrogen) atoms. The molecule has 1 fully saturated rings. The smallest absolute Gasteiger partial charge is 0.253 e. The van der Waals surface area contributed by atoms with Crippen LogP contribution >= 0.6 is 11.6 Å². The number of hydrogen-bond acceptors (Lipinski definition) is 5. The summed E-state index contributed by atoms with van der Waals surface area (Å²) in [5.74, 6) is -0.237. The fraction of sp³-hybridized carbons (Fsp3) is 0.261. The number of carbonyl (C=O) groups is 2. The predicted octanol–water partition coefficient (Wildman–Crippen LogP) is 3.07. The molecule has 1 aromatic heterocycles. The van der Waals surface area contributed by atoms with E-state index in [-0.39, 0.29) is 18.4 Å². The molecule has 0 saturated carbocycles. The largest absolute Gasteiger partial charge is 0.375 e. The van der Waals surface area contributed by atoms with Crippen LogP contribution in [0.1, 0.15) is 10.4 Å². The van der Waals surface area contributed by atoms with Gasteiger partial charge in [0.1, 0.15) is 6.61 Å². The van der Waals surface area contributed by atoms with Crippen molar-refractivity contribution in [3.05, 3.63) is 71.5 Å². The quantitative estimate of drug-likeness (QED) is 0.620. The SMILES string of the molecule is COCC(=O)Nc1cnn(-c2ccc(C(=O)N3CCN(c4cccc(Cl)c4)CC3)cc2)c1. The van der Waals surface area contributed by atoms with Gasteiger partial charge in [-0.2, -0.15) is 5.10 Å². The summed E-state index contributed by atoms with van der Waals surface area (Å²) in [6.07, 6.45) is 3.27. The van der Waals surface area contributed by atoms with E-state index in [2.05, 4.69) is 15.3 Å². The standard InChI is InChI=1S/C23H24ClN5O3/c1-32-16-22(30)26-19-14-25-29(15-19)20-7-5-17(6-8-20)23(31)28-11-9-27(10-12-28)21-4-2-3-18(24)13-21/h2-8,13-15H,9-12,16H2,1H3,(H,26,30). The minimum absolute atomic E-state index is 0.00952. The first-order valence-corrected chi connectivity index (χ1v) is 10.6. The van der Waals surface area contributed by atoms with Crippen molar-refractivity contribution in [1.29, 1.82) is 0 Å². The monoisotopic (exact) mass is 453 g/mol. The van der Waals surface area contributed by atoms with Gasteiger partial charge in [-0.15, -0.1) is 0 Å². The summed E-state index contributed by atoms with van der Waals surface area (Å²) in [5.41, 5.74) is 3.07. The topological polar surface area (TPSA) is 79.7 Å². The van der Waals surface area contributed by atoms with E-state index < -0.39 is 0 Å². The van der Waals surface area contributed by atoms with E-state index >= 15 is 0 Å². The third kappa shape index (κ3) is 5.09. The van der Waals surface area contributed by atoms with E-state index in [1.807, 2.05) is 41.3 Å². The molecule has 8 nitrogen and oxygen atoms in total. The molecular formula is C23H24ClN5O3. The van der Waals surface area contributed by atoms with Gasteiger partial charge in [0.2, 0.25) is 5.91 Å². The average molecular weight is 454 g/mol. The Morgan fingerprint density at radius 3 is 2.50 bits per heavy atom. The van der Waals surface area contributed by atoms with E-state index in [0.29, 0.717) is 29.4 Å². The highest BCUT2D eigenvalue weighted by molar-refractivity contribution is 6.30. The Morgan fingerprint density at radius 2 is 1.81 bits per heavy atom. The molecule has 1 aliphatic heterocycles. The lowest BCUT2D eigenvalue weighted by molar-refractivity contribution is -0.119. The molecular weight excluding hydrogens is 430 g/mol. The highest BCUT2D eigenvalue weighted by atomic mass is 35.5. The fourth-order valence-corrected chi connectivity index (χ4v) is 3.82. The molecule has 4 rings (SSSR count). The molecule has 1 saturated heterocycles. The summed E-state index contributed by atoms with van der Waals surface area (Å²) >= 11 is 6.10. The van der Waals surface area contributed by atoms with E-state index in [1.165, 1.54) is 7.11 Å². The molecule has 2 aromatic carbocycles. The van der Waals surface area contributed by atoms with Gasteiger partial charge in [0.15, 0.2) is 0 Å². The zero-order valence-corrected chi connectivity index (χ0v) is 18.5. The maximum absolute atomic E-state index is 12.9. The number of ether oxygens (including phenoxy) is 1. The van der Waals surface area contributed by atoms with Crippen LogP contribution in [0.15, 0.2) is 60.9 Å². The highest BCUT2D eigenvalue weighted by Crippen LogP contribution is 2.21. The number of amides is 2. The number of aromatic nitrogens is 2. The predicted molar refractivity (Wildman–Crippen MR) is 124 cm³/mol. The summed E-state index contributed by atoms with van der Waals surface area (Å²) in [6, 6.07) is 15.0. The van der Waals surface area contributed by atoms with Gasteiger partial charge in [0, 0.05) is 49.6 Å². The Hall–Kier alpha value is -3.36. The molecule has 0 radical (unpaired) electrons. The number of nitrogens with one attached hydrogen (secondary N) is 1. The Morgan fingerprint density at radius 1 is 1.06 bits per heavy atom. The van der Waals surface area contributed by atoms with Crippen LogP contribution < -0.4 is 10.2 Å². The second-order valence-electron chi connectivity index (χ2n) is 7.46. The third-order valence-electron chi connectivity index (χ3n) is 5.26. The zero-order chi connectivity index (χ0) is 22.5. The van der Waals surface area contributed by atoms with Crippen LogP contribution in [0.3, 0.4) is 0 Å². The van der Waals surface area contributed by atoms with Gasteiger partial charge in [0.05, 0.1) is 23.8 Å². The molecule has 2 heterocycles. The van der Waals surface area contributed by atoms with Gasteiger partial charge in [-0.25, -0.2) is 4.68 Å². The van der Waals surface area contributed by atoms with Crippen LogP contribution in [0, 0.1) is 0 Å². The molecule has 1 aliphatic rings. The minimum Gasteiger partial charge on any atom is -0.375 e. The number of carbonyl (C=O) groups excluding carboxylic acids is 2. The van der Waals surface area contributed by atoms with Gasteiger partial charge in [0.25, 0.3) is 5.91 Å². The van der Waals surface area contributed by atoms with Crippen molar-refractivity contribution in [3.63, 3.8) is 0 Å². The van der Waals surface area contributed by atoms with Crippen molar-refractivity contribution >= 4 is 34.8 Å². The number of nitrogens with zero attached hydrogens (tertiary/aromatic N) is 4. The second-order valence-corrected chi connectivity index (χ2v) is 7.90. The molecule has 2 amide bonds. The van der Waals surface area contributed by atoms with Gasteiger partial charge >= 0.3 is 0 Å². The van der Waals surface area contributed by atoms with Crippen molar-refractivity contribution in [2.75, 3.05) is 50.1 Å². The lowest BCUT2D eigenvalue weighted by Crippen LogP contribution is -2.48.